The smallest absolute Gasteiger partial charge is 0.224 e. The van der Waals surface area contributed by atoms with Gasteiger partial charge in [0.25, 0.3) is 0 Å². The van der Waals surface area contributed by atoms with E-state index in [4.69, 9.17) is 11.6 Å². The molecule has 4 nitrogen and oxygen atoms in total. The molecule has 0 aromatic carbocycles. The average molecular weight is 255 g/mol. The molecule has 0 amide bonds. The van der Waals surface area contributed by atoms with E-state index in [1.807, 2.05) is 19.2 Å². The van der Waals surface area contributed by atoms with E-state index in [2.05, 4.69) is 20.3 Å². The Hall–Kier alpha value is -1.20. The molecule has 84 valence electrons. The van der Waals surface area contributed by atoms with Crippen LogP contribution in [0.5, 0.6) is 0 Å². The van der Waals surface area contributed by atoms with Gasteiger partial charge in [-0.1, -0.05) is 0 Å². The number of rotatable bonds is 3. The molecule has 0 unspecified atom stereocenters. The summed E-state index contributed by atoms with van der Waals surface area (Å²) < 4.78 is 0. The Labute approximate surface area is 103 Å². The zero-order valence-corrected chi connectivity index (χ0v) is 10.6. The number of aryl methyl sites for hydroxylation is 2. The molecule has 0 aliphatic carbocycles. The molecule has 2 aromatic rings. The molecular weight excluding hydrogens is 244 g/mol. The lowest BCUT2D eigenvalue weighted by atomic mass is 10.3. The average Bonchev–Trinajstić information content (AvgIpc) is 2.66. The molecule has 2 heterocycles. The number of thiazole rings is 1. The van der Waals surface area contributed by atoms with Crippen molar-refractivity contribution in [1.82, 2.24) is 15.0 Å². The molecule has 0 aliphatic rings. The Morgan fingerprint density at radius 2 is 2.19 bits per heavy atom. The van der Waals surface area contributed by atoms with Crippen molar-refractivity contribution in [3.8, 4) is 0 Å². The highest BCUT2D eigenvalue weighted by Crippen LogP contribution is 2.15. The molecule has 1 N–H and O–H groups in total. The number of hydrogen-bond acceptors (Lipinski definition) is 5. The summed E-state index contributed by atoms with van der Waals surface area (Å²) >= 11 is 7.36. The minimum atomic E-state index is 0.253. The summed E-state index contributed by atoms with van der Waals surface area (Å²) in [7, 11) is 0. The summed E-state index contributed by atoms with van der Waals surface area (Å²) in [5, 5.41) is 6.51. The van der Waals surface area contributed by atoms with Gasteiger partial charge in [0.1, 0.15) is 10.8 Å². The number of anilines is 1. The molecule has 16 heavy (non-hydrogen) atoms. The maximum Gasteiger partial charge on any atom is 0.224 e. The van der Waals surface area contributed by atoms with Crippen molar-refractivity contribution in [2.24, 2.45) is 0 Å². The van der Waals surface area contributed by atoms with Crippen LogP contribution < -0.4 is 5.32 Å². The Morgan fingerprint density at radius 3 is 2.88 bits per heavy atom. The fraction of sp³-hybridized carbons (Fsp3) is 0.300. The van der Waals surface area contributed by atoms with E-state index in [0.29, 0.717) is 6.54 Å². The minimum absolute atomic E-state index is 0.253. The fourth-order valence-corrected chi connectivity index (χ4v) is 2.09. The van der Waals surface area contributed by atoms with Crippen LogP contribution in [0, 0.1) is 13.8 Å². The summed E-state index contributed by atoms with van der Waals surface area (Å²) in [6.45, 7) is 4.57. The Morgan fingerprint density at radius 1 is 1.38 bits per heavy atom. The maximum atomic E-state index is 5.73. The molecule has 0 atom stereocenters. The summed E-state index contributed by atoms with van der Waals surface area (Å²) in [6.07, 6.45) is 1.70. The van der Waals surface area contributed by atoms with E-state index in [0.717, 1.165) is 22.1 Å². The van der Waals surface area contributed by atoms with E-state index in [-0.39, 0.29) is 5.28 Å². The third-order valence-electron chi connectivity index (χ3n) is 2.02. The number of hydrogen-bond donors (Lipinski definition) is 1. The Balaban J connectivity index is 2.07. The van der Waals surface area contributed by atoms with E-state index >= 15 is 0 Å². The van der Waals surface area contributed by atoms with Gasteiger partial charge in [0.15, 0.2) is 0 Å². The standard InChI is InChI=1S/C10H11ClN4S/c1-6-3-13-10(11)15-9(6)12-4-8-14-7(2)5-16-8/h3,5H,4H2,1-2H3,(H,12,13,15). The summed E-state index contributed by atoms with van der Waals surface area (Å²) in [6, 6.07) is 0. The highest BCUT2D eigenvalue weighted by Gasteiger charge is 2.03. The van der Waals surface area contributed by atoms with Crippen LogP contribution in [0.1, 0.15) is 16.3 Å². The van der Waals surface area contributed by atoms with Gasteiger partial charge in [0.05, 0.1) is 6.54 Å². The van der Waals surface area contributed by atoms with Crippen LogP contribution in [0.4, 0.5) is 5.82 Å². The van der Waals surface area contributed by atoms with Crippen LogP contribution in [-0.4, -0.2) is 15.0 Å². The molecule has 0 saturated carbocycles. The quantitative estimate of drug-likeness (QED) is 0.856. The molecule has 0 radical (unpaired) electrons. The molecule has 0 saturated heterocycles. The number of nitrogens with one attached hydrogen (secondary N) is 1. The summed E-state index contributed by atoms with van der Waals surface area (Å²) in [4.78, 5) is 12.4. The van der Waals surface area contributed by atoms with Crippen LogP contribution in [0.3, 0.4) is 0 Å². The van der Waals surface area contributed by atoms with E-state index in [1.165, 1.54) is 0 Å². The van der Waals surface area contributed by atoms with E-state index in [1.54, 1.807) is 17.5 Å². The highest BCUT2D eigenvalue weighted by atomic mass is 35.5. The van der Waals surface area contributed by atoms with Gasteiger partial charge in [-0.25, -0.2) is 15.0 Å². The summed E-state index contributed by atoms with van der Waals surface area (Å²) in [5.41, 5.74) is 2.01. The van der Waals surface area contributed by atoms with Gasteiger partial charge in [-0.05, 0) is 25.4 Å². The third-order valence-corrected chi connectivity index (χ3v) is 3.16. The predicted molar refractivity (Wildman–Crippen MR) is 66.0 cm³/mol. The first-order valence-electron chi connectivity index (χ1n) is 4.79. The van der Waals surface area contributed by atoms with Gasteiger partial charge in [-0.2, -0.15) is 0 Å². The van der Waals surface area contributed by atoms with Gasteiger partial charge in [0.2, 0.25) is 5.28 Å². The lowest BCUT2D eigenvalue weighted by Crippen LogP contribution is -2.03. The second kappa shape index (κ2) is 4.76. The monoisotopic (exact) mass is 254 g/mol. The molecule has 2 rings (SSSR count). The van der Waals surface area contributed by atoms with Crippen LogP contribution >= 0.6 is 22.9 Å². The molecule has 2 aromatic heterocycles. The first kappa shape index (κ1) is 11.3. The van der Waals surface area contributed by atoms with Gasteiger partial charge >= 0.3 is 0 Å². The number of aromatic nitrogens is 3. The second-order valence-electron chi connectivity index (χ2n) is 3.41. The second-order valence-corrected chi connectivity index (χ2v) is 4.69. The normalized spacial score (nSPS) is 10.4. The maximum absolute atomic E-state index is 5.73. The van der Waals surface area contributed by atoms with Crippen molar-refractivity contribution in [3.63, 3.8) is 0 Å². The van der Waals surface area contributed by atoms with Gasteiger partial charge in [-0.15, -0.1) is 11.3 Å². The van der Waals surface area contributed by atoms with Gasteiger partial charge < -0.3 is 5.32 Å². The van der Waals surface area contributed by atoms with Crippen molar-refractivity contribution in [2.75, 3.05) is 5.32 Å². The molecule has 6 heteroatoms. The number of nitrogens with zero attached hydrogens (tertiary/aromatic N) is 3. The molecule has 0 aliphatic heterocycles. The number of halogens is 1. The zero-order chi connectivity index (χ0) is 11.5. The largest absolute Gasteiger partial charge is 0.363 e. The van der Waals surface area contributed by atoms with Crippen LogP contribution in [0.2, 0.25) is 5.28 Å². The summed E-state index contributed by atoms with van der Waals surface area (Å²) in [5.74, 6) is 0.757. The molecular formula is C10H11ClN4S. The van der Waals surface area contributed by atoms with E-state index < -0.39 is 0 Å². The van der Waals surface area contributed by atoms with Crippen LogP contribution in [0.15, 0.2) is 11.6 Å². The van der Waals surface area contributed by atoms with Crippen molar-refractivity contribution in [1.29, 1.82) is 0 Å². The van der Waals surface area contributed by atoms with Crippen molar-refractivity contribution in [3.05, 3.63) is 33.1 Å². The lowest BCUT2D eigenvalue weighted by molar-refractivity contribution is 1.03. The lowest BCUT2D eigenvalue weighted by Gasteiger charge is -2.06. The molecule has 0 spiro atoms. The Bertz CT molecular complexity index is 497. The van der Waals surface area contributed by atoms with Crippen molar-refractivity contribution >= 4 is 28.8 Å². The van der Waals surface area contributed by atoms with Crippen LogP contribution in [0.25, 0.3) is 0 Å². The van der Waals surface area contributed by atoms with Crippen molar-refractivity contribution < 1.29 is 0 Å². The SMILES string of the molecule is Cc1csc(CNc2nc(Cl)ncc2C)n1. The highest BCUT2D eigenvalue weighted by molar-refractivity contribution is 7.09. The van der Waals surface area contributed by atoms with E-state index in [9.17, 15) is 0 Å². The molecule has 0 bridgehead atoms. The third kappa shape index (κ3) is 2.68. The molecule has 0 fully saturated rings. The fourth-order valence-electron chi connectivity index (χ4n) is 1.24. The van der Waals surface area contributed by atoms with Crippen LogP contribution in [-0.2, 0) is 6.54 Å². The first-order valence-corrected chi connectivity index (χ1v) is 6.05. The minimum Gasteiger partial charge on any atom is -0.363 e. The Kier molecular flexibility index (Phi) is 3.36. The van der Waals surface area contributed by atoms with Gasteiger partial charge in [0, 0.05) is 22.8 Å². The first-order chi connectivity index (χ1) is 7.65. The van der Waals surface area contributed by atoms with Crippen molar-refractivity contribution in [2.45, 2.75) is 20.4 Å². The topological polar surface area (TPSA) is 50.7 Å². The predicted octanol–water partition coefficient (Wildman–Crippen LogP) is 2.82. The van der Waals surface area contributed by atoms with Gasteiger partial charge in [-0.3, -0.25) is 0 Å². The zero-order valence-electron chi connectivity index (χ0n) is 8.99.